The number of amides is 2. The van der Waals surface area contributed by atoms with Crippen molar-refractivity contribution < 1.29 is 19.1 Å². The summed E-state index contributed by atoms with van der Waals surface area (Å²) in [6.45, 7) is 3.31. The van der Waals surface area contributed by atoms with E-state index in [1.165, 1.54) is 0 Å². The van der Waals surface area contributed by atoms with E-state index in [4.69, 9.17) is 9.47 Å². The molecule has 3 heterocycles. The monoisotopic (exact) mass is 422 g/mol. The minimum atomic E-state index is -0.173. The molecule has 0 bridgehead atoms. The molecule has 6 nitrogen and oxygen atoms in total. The lowest BCUT2D eigenvalue weighted by atomic mass is 9.85. The Bertz CT molecular complexity index is 705. The van der Waals surface area contributed by atoms with E-state index >= 15 is 0 Å². The van der Waals surface area contributed by atoms with Gasteiger partial charge >= 0.3 is 0 Å². The Kier molecular flexibility index (Phi) is 5.18. The molecule has 3 aliphatic rings. The van der Waals surface area contributed by atoms with E-state index in [1.807, 2.05) is 23.1 Å². The van der Waals surface area contributed by atoms with Crippen LogP contribution in [0.3, 0.4) is 0 Å². The van der Waals surface area contributed by atoms with Gasteiger partial charge in [0, 0.05) is 30.8 Å². The van der Waals surface area contributed by atoms with Gasteiger partial charge in [0.25, 0.3) is 5.91 Å². The van der Waals surface area contributed by atoms with Crippen molar-refractivity contribution in [2.45, 2.75) is 19.3 Å². The van der Waals surface area contributed by atoms with Crippen LogP contribution >= 0.6 is 15.9 Å². The molecule has 1 atom stereocenters. The largest absolute Gasteiger partial charge is 0.482 e. The second-order valence-electron chi connectivity index (χ2n) is 7.22. The number of anilines is 1. The molecule has 0 spiro atoms. The third kappa shape index (κ3) is 3.60. The molecule has 3 aliphatic heterocycles. The highest BCUT2D eigenvalue weighted by Crippen LogP contribution is 2.35. The summed E-state index contributed by atoms with van der Waals surface area (Å²) < 4.78 is 11.8. The summed E-state index contributed by atoms with van der Waals surface area (Å²) in [4.78, 5) is 28.6. The third-order valence-corrected chi connectivity index (χ3v) is 6.16. The first kappa shape index (κ1) is 17.8. The second-order valence-corrected chi connectivity index (χ2v) is 8.13. The van der Waals surface area contributed by atoms with E-state index in [0.29, 0.717) is 23.3 Å². The fraction of sp³-hybridized carbons (Fsp3) is 0.579. The van der Waals surface area contributed by atoms with Crippen molar-refractivity contribution in [3.8, 4) is 5.75 Å². The summed E-state index contributed by atoms with van der Waals surface area (Å²) in [7, 11) is 0. The van der Waals surface area contributed by atoms with Crippen molar-refractivity contribution in [3.05, 3.63) is 22.7 Å². The van der Waals surface area contributed by atoms with Crippen molar-refractivity contribution in [2.75, 3.05) is 44.4 Å². The van der Waals surface area contributed by atoms with Gasteiger partial charge in [-0.1, -0.05) is 15.9 Å². The van der Waals surface area contributed by atoms with E-state index < -0.39 is 0 Å². The number of hydrogen-bond donors (Lipinski definition) is 0. The van der Waals surface area contributed by atoms with Crippen molar-refractivity contribution in [3.63, 3.8) is 0 Å². The number of likely N-dealkylation sites (tertiary alicyclic amines) is 1. The average molecular weight is 423 g/mol. The van der Waals surface area contributed by atoms with Gasteiger partial charge in [-0.15, -0.1) is 0 Å². The number of nitrogens with zero attached hydrogens (tertiary/aromatic N) is 2. The molecule has 140 valence electrons. The van der Waals surface area contributed by atoms with Crippen LogP contribution in [0.1, 0.15) is 19.3 Å². The Labute approximate surface area is 161 Å². The fourth-order valence-electron chi connectivity index (χ4n) is 4.17. The normalized spacial score (nSPS) is 23.7. The molecule has 0 aromatic heterocycles. The van der Waals surface area contributed by atoms with E-state index in [-0.39, 0.29) is 25.0 Å². The summed E-state index contributed by atoms with van der Waals surface area (Å²) in [6.07, 6.45) is 3.24. The number of benzene rings is 1. The van der Waals surface area contributed by atoms with Gasteiger partial charge in [0.05, 0.1) is 5.69 Å². The number of carbonyl (C=O) groups excluding carboxylic acids is 2. The summed E-state index contributed by atoms with van der Waals surface area (Å²) in [5.41, 5.74) is 0.665. The molecule has 7 heteroatoms. The minimum absolute atomic E-state index is 0.0173. The lowest BCUT2D eigenvalue weighted by Crippen LogP contribution is -2.46. The summed E-state index contributed by atoms with van der Waals surface area (Å²) in [5, 5.41) is 0. The van der Waals surface area contributed by atoms with Gasteiger partial charge in [-0.3, -0.25) is 14.5 Å². The summed E-state index contributed by atoms with van der Waals surface area (Å²) in [6, 6.07) is 5.50. The Morgan fingerprint density at radius 1 is 1.19 bits per heavy atom. The number of fused-ring (bicyclic) bond motifs is 1. The van der Waals surface area contributed by atoms with E-state index in [2.05, 4.69) is 15.9 Å². The first-order chi connectivity index (χ1) is 12.6. The number of rotatable bonds is 3. The van der Waals surface area contributed by atoms with Crippen molar-refractivity contribution in [2.24, 2.45) is 11.8 Å². The summed E-state index contributed by atoms with van der Waals surface area (Å²) >= 11 is 3.41. The molecule has 1 aromatic rings. The smallest absolute Gasteiger partial charge is 0.265 e. The lowest BCUT2D eigenvalue weighted by Gasteiger charge is -2.31. The highest BCUT2D eigenvalue weighted by atomic mass is 79.9. The van der Waals surface area contributed by atoms with E-state index in [9.17, 15) is 9.59 Å². The van der Waals surface area contributed by atoms with Crippen LogP contribution in [0.25, 0.3) is 0 Å². The number of ether oxygens (including phenoxy) is 2. The van der Waals surface area contributed by atoms with Crippen molar-refractivity contribution >= 4 is 33.4 Å². The molecule has 0 N–H and O–H groups in total. The zero-order valence-electron chi connectivity index (χ0n) is 14.7. The first-order valence-electron chi connectivity index (χ1n) is 9.20. The SMILES string of the molecule is O=C(CN1C(=O)COc2cc(Br)ccc21)N1CCC(C2CCOCC2)C1. The van der Waals surface area contributed by atoms with Gasteiger partial charge < -0.3 is 14.4 Å². The van der Waals surface area contributed by atoms with Gasteiger partial charge in [0.15, 0.2) is 6.61 Å². The van der Waals surface area contributed by atoms with Gasteiger partial charge in [-0.2, -0.15) is 0 Å². The molecule has 2 saturated heterocycles. The van der Waals surface area contributed by atoms with Crippen LogP contribution in [0, 0.1) is 11.8 Å². The zero-order valence-corrected chi connectivity index (χ0v) is 16.2. The molecule has 0 radical (unpaired) electrons. The van der Waals surface area contributed by atoms with Crippen LogP contribution in [-0.4, -0.2) is 56.2 Å². The average Bonchev–Trinajstić information content (AvgIpc) is 3.15. The van der Waals surface area contributed by atoms with Crippen LogP contribution in [-0.2, 0) is 14.3 Å². The van der Waals surface area contributed by atoms with E-state index in [0.717, 1.165) is 50.0 Å². The molecule has 2 amide bonds. The molecule has 4 rings (SSSR count). The maximum atomic E-state index is 12.8. The molecule has 1 aromatic carbocycles. The molecular formula is C19H23BrN2O4. The predicted molar refractivity (Wildman–Crippen MR) is 100 cm³/mol. The van der Waals surface area contributed by atoms with Gasteiger partial charge in [-0.05, 0) is 49.3 Å². The lowest BCUT2D eigenvalue weighted by molar-refractivity contribution is -0.131. The van der Waals surface area contributed by atoms with E-state index in [1.54, 1.807) is 4.90 Å². The molecule has 26 heavy (non-hydrogen) atoms. The zero-order chi connectivity index (χ0) is 18.1. The summed E-state index contributed by atoms with van der Waals surface area (Å²) in [5.74, 6) is 1.70. The quantitative estimate of drug-likeness (QED) is 0.750. The number of carbonyl (C=O) groups is 2. The van der Waals surface area contributed by atoms with Crippen LogP contribution in [0.4, 0.5) is 5.69 Å². The van der Waals surface area contributed by atoms with Gasteiger partial charge in [0.2, 0.25) is 5.91 Å². The fourth-order valence-corrected chi connectivity index (χ4v) is 4.51. The number of halogens is 1. The maximum absolute atomic E-state index is 12.8. The molecule has 1 unspecified atom stereocenters. The Morgan fingerprint density at radius 3 is 2.81 bits per heavy atom. The van der Waals surface area contributed by atoms with Crippen LogP contribution in [0.15, 0.2) is 22.7 Å². The molecule has 0 saturated carbocycles. The molecule has 0 aliphatic carbocycles. The Hall–Kier alpha value is -1.60. The van der Waals surface area contributed by atoms with Crippen LogP contribution < -0.4 is 9.64 Å². The van der Waals surface area contributed by atoms with Crippen molar-refractivity contribution in [1.29, 1.82) is 0 Å². The third-order valence-electron chi connectivity index (χ3n) is 5.67. The van der Waals surface area contributed by atoms with Crippen LogP contribution in [0.5, 0.6) is 5.75 Å². The predicted octanol–water partition coefficient (Wildman–Crippen LogP) is 2.45. The standard InChI is InChI=1S/C19H23BrN2O4/c20-15-1-2-16-17(9-15)26-12-19(24)22(16)11-18(23)21-6-3-14(10-21)13-4-7-25-8-5-13/h1-2,9,13-14H,3-8,10-12H2. The Morgan fingerprint density at radius 2 is 2.00 bits per heavy atom. The molecule has 2 fully saturated rings. The van der Waals surface area contributed by atoms with Gasteiger partial charge in [0.1, 0.15) is 12.3 Å². The molecular weight excluding hydrogens is 400 g/mol. The first-order valence-corrected chi connectivity index (χ1v) is 9.99. The highest BCUT2D eigenvalue weighted by Gasteiger charge is 2.35. The number of hydrogen-bond acceptors (Lipinski definition) is 4. The second kappa shape index (κ2) is 7.56. The van der Waals surface area contributed by atoms with Crippen LogP contribution in [0.2, 0.25) is 0 Å². The maximum Gasteiger partial charge on any atom is 0.265 e. The topological polar surface area (TPSA) is 59.1 Å². The minimum Gasteiger partial charge on any atom is -0.482 e. The Balaban J connectivity index is 1.41. The van der Waals surface area contributed by atoms with Gasteiger partial charge in [-0.25, -0.2) is 0 Å². The van der Waals surface area contributed by atoms with Crippen molar-refractivity contribution in [1.82, 2.24) is 4.90 Å². The highest BCUT2D eigenvalue weighted by molar-refractivity contribution is 9.10.